The highest BCUT2D eigenvalue weighted by atomic mass is 79.9. The van der Waals surface area contributed by atoms with Gasteiger partial charge in [-0.25, -0.2) is 0 Å². The first-order valence-corrected chi connectivity index (χ1v) is 13.6. The average molecular weight is 573 g/mol. The van der Waals surface area contributed by atoms with Crippen LogP contribution in [0.15, 0.2) is 51.8 Å². The molecule has 0 amide bonds. The average Bonchev–Trinajstić information content (AvgIpc) is 2.79. The van der Waals surface area contributed by atoms with Crippen LogP contribution in [0.4, 0.5) is 0 Å². The molecule has 1 aromatic rings. The van der Waals surface area contributed by atoms with Gasteiger partial charge >= 0.3 is 0 Å². The van der Waals surface area contributed by atoms with Gasteiger partial charge in [-0.3, -0.25) is 9.59 Å². The third-order valence-electron chi connectivity index (χ3n) is 7.47. The molecule has 0 spiro atoms. The lowest BCUT2D eigenvalue weighted by Crippen LogP contribution is -2.45. The Morgan fingerprint density at radius 1 is 1.00 bits per heavy atom. The monoisotopic (exact) mass is 571 g/mol. The van der Waals surface area contributed by atoms with E-state index in [1.165, 1.54) is 0 Å². The van der Waals surface area contributed by atoms with Crippen LogP contribution in [0.1, 0.15) is 64.9 Å². The number of halogens is 1. The van der Waals surface area contributed by atoms with Crippen LogP contribution >= 0.6 is 15.9 Å². The number of Topliss-reactive ketones (excluding diaryl/α,β-unsaturated/α-hetero) is 2. The van der Waals surface area contributed by atoms with E-state index in [2.05, 4.69) is 55.1 Å². The van der Waals surface area contributed by atoms with Gasteiger partial charge in [0.1, 0.15) is 6.61 Å². The van der Waals surface area contributed by atoms with Gasteiger partial charge in [0.15, 0.2) is 23.1 Å². The predicted octanol–water partition coefficient (Wildman–Crippen LogP) is 6.35. The number of nitrogens with zero attached hydrogens (tertiary/aromatic N) is 1. The molecular weight excluding hydrogens is 534 g/mol. The molecule has 0 bridgehead atoms. The highest BCUT2D eigenvalue weighted by molar-refractivity contribution is 9.10. The minimum Gasteiger partial charge on any atom is -0.493 e. The molecule has 0 fully saturated rings. The second kappa shape index (κ2) is 10.4. The Balaban J connectivity index is 1.98. The number of benzene rings is 1. The van der Waals surface area contributed by atoms with Crippen LogP contribution in [0.5, 0.6) is 11.5 Å². The van der Waals surface area contributed by atoms with E-state index in [0.29, 0.717) is 48.6 Å². The second-order valence-corrected chi connectivity index (χ2v) is 12.7. The lowest BCUT2D eigenvalue weighted by Gasteiger charge is -2.49. The maximum atomic E-state index is 13.9. The third-order valence-corrected chi connectivity index (χ3v) is 8.06. The molecule has 0 aromatic heterocycles. The molecule has 0 unspecified atom stereocenters. The maximum absolute atomic E-state index is 13.9. The number of allylic oxidation sites excluding steroid dienone is 4. The molecule has 0 N–H and O–H groups in total. The van der Waals surface area contributed by atoms with Gasteiger partial charge in [0.2, 0.25) is 0 Å². The molecule has 0 radical (unpaired) electrons. The number of ether oxygens (including phenoxy) is 3. The van der Waals surface area contributed by atoms with E-state index in [1.807, 2.05) is 12.1 Å². The maximum Gasteiger partial charge on any atom is 0.175 e. The van der Waals surface area contributed by atoms with Crippen molar-refractivity contribution in [2.24, 2.45) is 10.8 Å². The quantitative estimate of drug-likeness (QED) is 0.338. The number of ketones is 2. The first kappa shape index (κ1) is 27.6. The SMILES string of the molecule is C=CCOc1c(Br)cc(C2C3=C(CC(C)(C)CC3=O)N(CCOC)C3=C2C(=O)CC(C)(C)C3)cc1OC. The van der Waals surface area contributed by atoms with Gasteiger partial charge in [0, 0.05) is 55.0 Å². The summed E-state index contributed by atoms with van der Waals surface area (Å²) >= 11 is 3.66. The largest absolute Gasteiger partial charge is 0.493 e. The standard InChI is InChI=1S/C30H38BrNO5/c1-8-10-37-28-19(31)12-18(13-24(28)36-7)25-26-20(14-29(2,3)16-22(26)33)32(9-11-35-6)21-15-30(4,5)17-23(34)27(21)25/h8,12-13,25H,1,9-11,14-17H2,2-7H3. The zero-order chi connectivity index (χ0) is 27.1. The Hall–Kier alpha value is -2.38. The smallest absolute Gasteiger partial charge is 0.175 e. The van der Waals surface area contributed by atoms with Crippen molar-refractivity contribution in [1.82, 2.24) is 4.90 Å². The van der Waals surface area contributed by atoms with E-state index in [9.17, 15) is 9.59 Å². The summed E-state index contributed by atoms with van der Waals surface area (Å²) in [5.41, 5.74) is 4.02. The molecule has 200 valence electrons. The molecule has 7 heteroatoms. The molecule has 4 rings (SSSR count). The molecular formula is C30H38BrNO5. The Kier molecular flexibility index (Phi) is 7.78. The zero-order valence-electron chi connectivity index (χ0n) is 22.8. The van der Waals surface area contributed by atoms with Gasteiger partial charge in [0.25, 0.3) is 0 Å². The van der Waals surface area contributed by atoms with Crippen LogP contribution in [0.25, 0.3) is 0 Å². The van der Waals surface area contributed by atoms with Crippen LogP contribution in [0, 0.1) is 10.8 Å². The van der Waals surface area contributed by atoms with Crippen molar-refractivity contribution in [2.75, 3.05) is 34.0 Å². The molecule has 1 aliphatic heterocycles. The molecule has 1 aromatic carbocycles. The minimum atomic E-state index is -0.449. The Bertz CT molecular complexity index is 1140. The van der Waals surface area contributed by atoms with Gasteiger partial charge in [0.05, 0.1) is 18.2 Å². The molecule has 0 saturated carbocycles. The van der Waals surface area contributed by atoms with Crippen LogP contribution in [-0.4, -0.2) is 50.4 Å². The minimum absolute atomic E-state index is 0.102. The summed E-state index contributed by atoms with van der Waals surface area (Å²) in [4.78, 5) is 30.0. The predicted molar refractivity (Wildman–Crippen MR) is 148 cm³/mol. The number of methoxy groups -OCH3 is 2. The molecule has 0 atom stereocenters. The van der Waals surface area contributed by atoms with Crippen LogP contribution in [0.3, 0.4) is 0 Å². The van der Waals surface area contributed by atoms with Crippen molar-refractivity contribution >= 4 is 27.5 Å². The lowest BCUT2D eigenvalue weighted by molar-refractivity contribution is -0.119. The lowest BCUT2D eigenvalue weighted by atomic mass is 9.63. The van der Waals surface area contributed by atoms with Gasteiger partial charge in [-0.15, -0.1) is 0 Å². The van der Waals surface area contributed by atoms with E-state index in [0.717, 1.165) is 40.9 Å². The summed E-state index contributed by atoms with van der Waals surface area (Å²) in [6.07, 6.45) is 4.09. The highest BCUT2D eigenvalue weighted by Gasteiger charge is 2.49. The van der Waals surface area contributed by atoms with Crippen LogP contribution in [0.2, 0.25) is 0 Å². The summed E-state index contributed by atoms with van der Waals surface area (Å²) in [7, 11) is 3.28. The molecule has 37 heavy (non-hydrogen) atoms. The van der Waals surface area contributed by atoms with Gasteiger partial charge in [-0.2, -0.15) is 0 Å². The van der Waals surface area contributed by atoms with Crippen molar-refractivity contribution < 1.29 is 23.8 Å². The fraction of sp³-hybridized carbons (Fsp3) is 0.533. The molecule has 0 saturated heterocycles. The molecule has 2 aliphatic carbocycles. The summed E-state index contributed by atoms with van der Waals surface area (Å²) in [5, 5.41) is 0. The van der Waals surface area contributed by atoms with Crippen LogP contribution in [-0.2, 0) is 14.3 Å². The van der Waals surface area contributed by atoms with Crippen molar-refractivity contribution in [1.29, 1.82) is 0 Å². The van der Waals surface area contributed by atoms with E-state index in [4.69, 9.17) is 14.2 Å². The second-order valence-electron chi connectivity index (χ2n) is 11.8. The molecule has 3 aliphatic rings. The number of hydrogen-bond acceptors (Lipinski definition) is 6. The normalized spacial score (nSPS) is 21.1. The van der Waals surface area contributed by atoms with E-state index in [1.54, 1.807) is 20.3 Å². The van der Waals surface area contributed by atoms with Crippen molar-refractivity contribution in [3.63, 3.8) is 0 Å². The van der Waals surface area contributed by atoms with E-state index >= 15 is 0 Å². The highest BCUT2D eigenvalue weighted by Crippen LogP contribution is 2.55. The molecule has 1 heterocycles. The van der Waals surface area contributed by atoms with Crippen LogP contribution < -0.4 is 9.47 Å². The summed E-state index contributed by atoms with van der Waals surface area (Å²) < 4.78 is 17.7. The fourth-order valence-corrected chi connectivity index (χ4v) is 6.60. The van der Waals surface area contributed by atoms with E-state index in [-0.39, 0.29) is 22.4 Å². The summed E-state index contributed by atoms with van der Waals surface area (Å²) in [6, 6.07) is 3.87. The number of carbonyl (C=O) groups is 2. The summed E-state index contributed by atoms with van der Waals surface area (Å²) in [5.74, 6) is 0.869. The topological polar surface area (TPSA) is 65.1 Å². The Morgan fingerprint density at radius 2 is 1.57 bits per heavy atom. The number of rotatable bonds is 8. The summed E-state index contributed by atoms with van der Waals surface area (Å²) in [6.45, 7) is 13.7. The van der Waals surface area contributed by atoms with E-state index < -0.39 is 5.92 Å². The van der Waals surface area contributed by atoms with Crippen molar-refractivity contribution in [3.8, 4) is 11.5 Å². The first-order valence-electron chi connectivity index (χ1n) is 12.8. The number of carbonyl (C=O) groups excluding carboxylic acids is 2. The third kappa shape index (κ3) is 5.30. The Morgan fingerprint density at radius 3 is 2.05 bits per heavy atom. The van der Waals surface area contributed by atoms with Crippen molar-refractivity contribution in [2.45, 2.75) is 59.3 Å². The number of hydrogen-bond donors (Lipinski definition) is 0. The molecule has 6 nitrogen and oxygen atoms in total. The fourth-order valence-electron chi connectivity index (χ4n) is 6.02. The van der Waals surface area contributed by atoms with Gasteiger partial charge < -0.3 is 19.1 Å². The van der Waals surface area contributed by atoms with Crippen molar-refractivity contribution in [3.05, 3.63) is 57.4 Å². The van der Waals surface area contributed by atoms with Gasteiger partial charge in [-0.05, 0) is 57.3 Å². The van der Waals surface area contributed by atoms with Gasteiger partial charge in [-0.1, -0.05) is 40.3 Å². The zero-order valence-corrected chi connectivity index (χ0v) is 24.4. The first-order chi connectivity index (χ1) is 17.4. The Labute approximate surface area is 228 Å².